The van der Waals surface area contributed by atoms with Gasteiger partial charge in [0, 0.05) is 27.8 Å². The van der Waals surface area contributed by atoms with Crippen molar-refractivity contribution in [3.63, 3.8) is 0 Å². The number of benzene rings is 1. The zero-order valence-electron chi connectivity index (χ0n) is 11.3. The Hall–Kier alpha value is -1.46. The fourth-order valence-corrected chi connectivity index (χ4v) is 4.13. The van der Waals surface area contributed by atoms with Gasteiger partial charge in [0.15, 0.2) is 0 Å². The van der Waals surface area contributed by atoms with Gasteiger partial charge >= 0.3 is 0 Å². The number of hydrogen-bond donors (Lipinski definition) is 1. The third-order valence-electron chi connectivity index (χ3n) is 3.31. The Labute approximate surface area is 126 Å². The normalized spacial score (nSPS) is 14.2. The number of thioether (sulfide) groups is 1. The van der Waals surface area contributed by atoms with Gasteiger partial charge in [-0.3, -0.25) is 4.79 Å². The summed E-state index contributed by atoms with van der Waals surface area (Å²) in [5.74, 6) is 1.01. The lowest BCUT2D eigenvalue weighted by Crippen LogP contribution is -2.35. The molecule has 0 aliphatic carbocycles. The van der Waals surface area contributed by atoms with Gasteiger partial charge in [0.1, 0.15) is 0 Å². The average molecular weight is 304 g/mol. The van der Waals surface area contributed by atoms with E-state index in [0.29, 0.717) is 5.69 Å². The van der Waals surface area contributed by atoms with Crippen LogP contribution in [0.5, 0.6) is 0 Å². The Morgan fingerprint density at radius 1 is 1.35 bits per heavy atom. The molecule has 2 heterocycles. The van der Waals surface area contributed by atoms with Crippen LogP contribution in [0.1, 0.15) is 21.5 Å². The first-order valence-electron chi connectivity index (χ1n) is 6.62. The van der Waals surface area contributed by atoms with Crippen LogP contribution in [0, 0.1) is 0 Å². The maximum atomic E-state index is 12.7. The topological polar surface area (TPSA) is 46.3 Å². The quantitative estimate of drug-likeness (QED) is 0.862. The van der Waals surface area contributed by atoms with Gasteiger partial charge in [-0.15, -0.1) is 23.1 Å². The summed E-state index contributed by atoms with van der Waals surface area (Å²) in [6.07, 6.45) is 0.970. The molecule has 3 nitrogen and oxygen atoms in total. The minimum atomic E-state index is 0.0850. The summed E-state index contributed by atoms with van der Waals surface area (Å²) >= 11 is 3.36. The lowest BCUT2D eigenvalue weighted by Gasteiger charge is -2.28. The molecular formula is C15H16N2OS2. The highest BCUT2D eigenvalue weighted by Crippen LogP contribution is 2.37. The molecule has 0 saturated carbocycles. The summed E-state index contributed by atoms with van der Waals surface area (Å²) in [4.78, 5) is 17.7. The Morgan fingerprint density at radius 3 is 2.95 bits per heavy atom. The number of anilines is 2. The summed E-state index contributed by atoms with van der Waals surface area (Å²) in [5.41, 5.74) is 7.50. The van der Waals surface area contributed by atoms with Crippen LogP contribution < -0.4 is 10.6 Å². The second-order valence-corrected chi connectivity index (χ2v) is 6.96. The number of nitrogens with two attached hydrogens (primary N) is 1. The molecule has 1 aliphatic heterocycles. The molecule has 2 aromatic rings. The molecule has 20 heavy (non-hydrogen) atoms. The number of carbonyl (C=O) groups is 1. The number of amides is 1. The molecule has 1 aromatic carbocycles. The smallest absolute Gasteiger partial charge is 0.268 e. The Bertz CT molecular complexity index is 651. The van der Waals surface area contributed by atoms with E-state index in [-0.39, 0.29) is 5.91 Å². The monoisotopic (exact) mass is 304 g/mol. The molecule has 1 aliphatic rings. The molecule has 0 bridgehead atoms. The minimum absolute atomic E-state index is 0.0850. The predicted octanol–water partition coefficient (Wildman–Crippen LogP) is 3.65. The van der Waals surface area contributed by atoms with Gasteiger partial charge in [-0.05, 0) is 36.8 Å². The van der Waals surface area contributed by atoms with Crippen molar-refractivity contribution < 1.29 is 4.79 Å². The number of nitrogens with zero attached hydrogens (tertiary/aromatic N) is 1. The molecule has 5 heteroatoms. The average Bonchev–Trinajstić information content (AvgIpc) is 2.94. The lowest BCUT2D eigenvalue weighted by atomic mass is 10.2. The first-order valence-corrected chi connectivity index (χ1v) is 8.42. The zero-order chi connectivity index (χ0) is 14.1. The minimum Gasteiger partial charge on any atom is -0.399 e. The molecule has 0 saturated heterocycles. The van der Waals surface area contributed by atoms with Crippen molar-refractivity contribution in [2.75, 3.05) is 22.9 Å². The van der Waals surface area contributed by atoms with Crippen molar-refractivity contribution >= 4 is 40.4 Å². The Kier molecular flexibility index (Phi) is 3.72. The van der Waals surface area contributed by atoms with Gasteiger partial charge in [0.25, 0.3) is 5.91 Å². The summed E-state index contributed by atoms with van der Waals surface area (Å²) < 4.78 is 0. The van der Waals surface area contributed by atoms with Crippen LogP contribution in [0.15, 0.2) is 35.2 Å². The molecule has 1 amide bonds. The van der Waals surface area contributed by atoms with E-state index in [1.165, 1.54) is 4.88 Å². The molecule has 3 rings (SSSR count). The largest absolute Gasteiger partial charge is 0.399 e. The highest BCUT2D eigenvalue weighted by atomic mass is 32.2. The number of thiophene rings is 1. The number of hydrogen-bond acceptors (Lipinski definition) is 4. The van der Waals surface area contributed by atoms with Crippen molar-refractivity contribution in [1.29, 1.82) is 0 Å². The van der Waals surface area contributed by atoms with E-state index in [0.717, 1.165) is 34.2 Å². The summed E-state index contributed by atoms with van der Waals surface area (Å²) in [5, 5.41) is 0. The van der Waals surface area contributed by atoms with E-state index in [2.05, 4.69) is 6.92 Å². The van der Waals surface area contributed by atoms with Gasteiger partial charge < -0.3 is 10.6 Å². The predicted molar refractivity (Wildman–Crippen MR) is 87.0 cm³/mol. The second-order valence-electron chi connectivity index (χ2n) is 4.65. The maximum Gasteiger partial charge on any atom is 0.268 e. The van der Waals surface area contributed by atoms with Gasteiger partial charge in [0.2, 0.25) is 0 Å². The SMILES string of the molecule is CCc1ccc(C(=O)N2CCSc3ccc(N)cc32)s1. The first kappa shape index (κ1) is 13.5. The van der Waals surface area contributed by atoms with Gasteiger partial charge in [-0.25, -0.2) is 0 Å². The molecule has 0 fully saturated rings. The molecule has 104 valence electrons. The van der Waals surface area contributed by atoms with Crippen molar-refractivity contribution in [1.82, 2.24) is 0 Å². The number of nitrogen functional groups attached to an aromatic ring is 1. The molecule has 0 radical (unpaired) electrons. The van der Waals surface area contributed by atoms with E-state index >= 15 is 0 Å². The Morgan fingerprint density at radius 2 is 2.20 bits per heavy atom. The van der Waals surface area contributed by atoms with Crippen molar-refractivity contribution in [3.8, 4) is 0 Å². The number of carbonyl (C=O) groups excluding carboxylic acids is 1. The highest BCUT2D eigenvalue weighted by Gasteiger charge is 2.25. The summed E-state index contributed by atoms with van der Waals surface area (Å²) in [7, 11) is 0. The van der Waals surface area contributed by atoms with E-state index in [1.54, 1.807) is 23.1 Å². The standard InChI is InChI=1S/C15H16N2OS2/c1-2-11-4-6-14(20-11)15(18)17-7-8-19-13-5-3-10(16)9-12(13)17/h3-6,9H,2,7-8,16H2,1H3. The summed E-state index contributed by atoms with van der Waals surface area (Å²) in [6, 6.07) is 9.75. The molecule has 1 aromatic heterocycles. The van der Waals surface area contributed by atoms with Gasteiger partial charge in [0.05, 0.1) is 10.6 Å². The van der Waals surface area contributed by atoms with Crippen molar-refractivity contribution in [2.45, 2.75) is 18.2 Å². The zero-order valence-corrected chi connectivity index (χ0v) is 12.9. The van der Waals surface area contributed by atoms with Crippen LogP contribution in [-0.4, -0.2) is 18.2 Å². The first-order chi connectivity index (χ1) is 9.69. The molecule has 0 spiro atoms. The third-order valence-corrected chi connectivity index (χ3v) is 5.57. The van der Waals surface area contributed by atoms with Crippen LogP contribution in [-0.2, 0) is 6.42 Å². The summed E-state index contributed by atoms with van der Waals surface area (Å²) in [6.45, 7) is 2.84. The molecule has 0 unspecified atom stereocenters. The Balaban J connectivity index is 1.95. The number of fused-ring (bicyclic) bond motifs is 1. The van der Waals surface area contributed by atoms with Crippen molar-refractivity contribution in [2.24, 2.45) is 0 Å². The third kappa shape index (κ3) is 2.43. The van der Waals surface area contributed by atoms with Crippen molar-refractivity contribution in [3.05, 3.63) is 40.1 Å². The van der Waals surface area contributed by atoms with E-state index in [4.69, 9.17) is 5.73 Å². The fourth-order valence-electron chi connectivity index (χ4n) is 2.26. The van der Waals surface area contributed by atoms with Crippen LogP contribution in [0.25, 0.3) is 0 Å². The van der Waals surface area contributed by atoms with E-state index in [9.17, 15) is 4.79 Å². The van der Waals surface area contributed by atoms with Crippen LogP contribution in [0.3, 0.4) is 0 Å². The van der Waals surface area contributed by atoms with E-state index < -0.39 is 0 Å². The van der Waals surface area contributed by atoms with Gasteiger partial charge in [-0.1, -0.05) is 6.92 Å². The lowest BCUT2D eigenvalue weighted by molar-refractivity contribution is 0.0991. The number of aryl methyl sites for hydroxylation is 1. The van der Waals surface area contributed by atoms with Gasteiger partial charge in [-0.2, -0.15) is 0 Å². The van der Waals surface area contributed by atoms with Crippen LogP contribution in [0.4, 0.5) is 11.4 Å². The highest BCUT2D eigenvalue weighted by molar-refractivity contribution is 7.99. The molecule has 2 N–H and O–H groups in total. The fraction of sp³-hybridized carbons (Fsp3) is 0.267. The molecular weight excluding hydrogens is 288 g/mol. The second kappa shape index (κ2) is 5.50. The molecule has 0 atom stereocenters. The van der Waals surface area contributed by atoms with Crippen LogP contribution >= 0.6 is 23.1 Å². The van der Waals surface area contributed by atoms with Crippen LogP contribution in [0.2, 0.25) is 0 Å². The number of rotatable bonds is 2. The van der Waals surface area contributed by atoms with E-state index in [1.807, 2.05) is 35.2 Å². The maximum absolute atomic E-state index is 12.7.